The van der Waals surface area contributed by atoms with Crippen LogP contribution in [0, 0.1) is 5.82 Å². The quantitative estimate of drug-likeness (QED) is 0.492. The fourth-order valence-electron chi connectivity index (χ4n) is 2.90. The van der Waals surface area contributed by atoms with Crippen molar-refractivity contribution in [3.63, 3.8) is 0 Å². The maximum absolute atomic E-state index is 13.1. The van der Waals surface area contributed by atoms with Crippen LogP contribution in [0.2, 0.25) is 0 Å². The Kier molecular flexibility index (Phi) is 7.27. The third-order valence-corrected chi connectivity index (χ3v) is 4.46. The monoisotopic (exact) mass is 409 g/mol. The molecule has 0 amide bonds. The van der Waals surface area contributed by atoms with E-state index in [0.717, 1.165) is 16.8 Å². The minimum atomic E-state index is -0.340. The minimum absolute atomic E-state index is 0.282. The van der Waals surface area contributed by atoms with Gasteiger partial charge < -0.3 is 19.5 Å². The fraction of sp³-hybridized carbons (Fsp3) is 0.208. The van der Waals surface area contributed by atoms with E-state index >= 15 is 0 Å². The number of rotatable bonds is 9. The van der Waals surface area contributed by atoms with E-state index in [-0.39, 0.29) is 11.8 Å². The van der Waals surface area contributed by atoms with Crippen LogP contribution >= 0.6 is 0 Å². The lowest BCUT2D eigenvalue weighted by molar-refractivity contribution is 0.0526. The van der Waals surface area contributed by atoms with E-state index in [1.165, 1.54) is 12.1 Å². The Hall–Kier alpha value is -3.54. The van der Waals surface area contributed by atoms with Gasteiger partial charge in [-0.15, -0.1) is 0 Å². The molecule has 0 aromatic heterocycles. The zero-order valence-corrected chi connectivity index (χ0v) is 17.0. The maximum Gasteiger partial charge on any atom is 0.338 e. The summed E-state index contributed by atoms with van der Waals surface area (Å²) in [5.74, 6) is 0.622. The Morgan fingerprint density at radius 3 is 2.40 bits per heavy atom. The highest BCUT2D eigenvalue weighted by Gasteiger charge is 2.12. The van der Waals surface area contributed by atoms with Crippen molar-refractivity contribution in [1.29, 1.82) is 0 Å². The second-order valence-corrected chi connectivity index (χ2v) is 6.52. The molecule has 5 nitrogen and oxygen atoms in total. The molecule has 1 N–H and O–H groups in total. The van der Waals surface area contributed by atoms with Gasteiger partial charge in [0.15, 0.2) is 11.5 Å². The lowest BCUT2D eigenvalue weighted by Gasteiger charge is -2.16. The molecule has 0 unspecified atom stereocenters. The molecule has 156 valence electrons. The third-order valence-electron chi connectivity index (χ3n) is 4.46. The molecule has 3 rings (SSSR count). The van der Waals surface area contributed by atoms with Crippen molar-refractivity contribution >= 4 is 11.7 Å². The van der Waals surface area contributed by atoms with Crippen LogP contribution < -0.4 is 14.8 Å². The van der Waals surface area contributed by atoms with Gasteiger partial charge in [0.25, 0.3) is 0 Å². The molecule has 6 heteroatoms. The van der Waals surface area contributed by atoms with Crippen LogP contribution in [0.1, 0.15) is 28.4 Å². The lowest BCUT2D eigenvalue weighted by Crippen LogP contribution is -2.06. The first kappa shape index (κ1) is 21.2. The predicted octanol–water partition coefficient (Wildman–Crippen LogP) is 5.20. The molecular weight excluding hydrogens is 385 g/mol. The summed E-state index contributed by atoms with van der Waals surface area (Å²) in [6.45, 7) is 2.91. The van der Waals surface area contributed by atoms with Gasteiger partial charge in [0.1, 0.15) is 12.4 Å². The summed E-state index contributed by atoms with van der Waals surface area (Å²) in [7, 11) is 1.59. The van der Waals surface area contributed by atoms with Gasteiger partial charge in [-0.3, -0.25) is 0 Å². The van der Waals surface area contributed by atoms with E-state index in [9.17, 15) is 9.18 Å². The largest absolute Gasteiger partial charge is 0.493 e. The highest BCUT2D eigenvalue weighted by atomic mass is 19.1. The SMILES string of the molecule is CCOC(=O)c1ccc(NCc2cccc(OC)c2OCc2ccc(F)cc2)cc1. The number of benzene rings is 3. The summed E-state index contributed by atoms with van der Waals surface area (Å²) in [6.07, 6.45) is 0. The molecule has 0 heterocycles. The van der Waals surface area contributed by atoms with Gasteiger partial charge in [-0.1, -0.05) is 24.3 Å². The molecule has 0 saturated heterocycles. The minimum Gasteiger partial charge on any atom is -0.493 e. The molecule has 3 aromatic rings. The lowest BCUT2D eigenvalue weighted by atomic mass is 10.1. The zero-order chi connectivity index (χ0) is 21.3. The van der Waals surface area contributed by atoms with Gasteiger partial charge in [-0.05, 0) is 55.0 Å². The topological polar surface area (TPSA) is 56.8 Å². The molecular formula is C24H24FNO4. The van der Waals surface area contributed by atoms with E-state index < -0.39 is 0 Å². The number of anilines is 1. The Morgan fingerprint density at radius 2 is 1.73 bits per heavy atom. The van der Waals surface area contributed by atoms with Crippen LogP contribution in [0.3, 0.4) is 0 Å². The zero-order valence-electron chi connectivity index (χ0n) is 17.0. The molecule has 3 aromatic carbocycles. The number of carbonyl (C=O) groups excluding carboxylic acids is 1. The van der Waals surface area contributed by atoms with E-state index in [0.29, 0.717) is 36.8 Å². The highest BCUT2D eigenvalue weighted by Crippen LogP contribution is 2.32. The van der Waals surface area contributed by atoms with Crippen LogP contribution in [0.15, 0.2) is 66.7 Å². The molecule has 0 atom stereocenters. The number of hydrogen-bond acceptors (Lipinski definition) is 5. The number of carbonyl (C=O) groups is 1. The average Bonchev–Trinajstić information content (AvgIpc) is 2.78. The average molecular weight is 409 g/mol. The first-order valence-electron chi connectivity index (χ1n) is 9.65. The third kappa shape index (κ3) is 5.50. The van der Waals surface area contributed by atoms with E-state index in [2.05, 4.69) is 5.32 Å². The van der Waals surface area contributed by atoms with Gasteiger partial charge >= 0.3 is 5.97 Å². The van der Waals surface area contributed by atoms with Crippen molar-refractivity contribution in [3.8, 4) is 11.5 Å². The number of para-hydroxylation sites is 1. The first-order chi connectivity index (χ1) is 14.6. The van der Waals surface area contributed by atoms with E-state index in [4.69, 9.17) is 14.2 Å². The van der Waals surface area contributed by atoms with Crippen LogP contribution in [0.5, 0.6) is 11.5 Å². The van der Waals surface area contributed by atoms with Crippen molar-refractivity contribution < 1.29 is 23.4 Å². The van der Waals surface area contributed by atoms with Crippen LogP contribution in [-0.4, -0.2) is 19.7 Å². The van der Waals surface area contributed by atoms with Gasteiger partial charge in [0.2, 0.25) is 0 Å². The van der Waals surface area contributed by atoms with Crippen LogP contribution in [-0.2, 0) is 17.9 Å². The second-order valence-electron chi connectivity index (χ2n) is 6.52. The van der Waals surface area contributed by atoms with E-state index in [1.807, 2.05) is 30.3 Å². The van der Waals surface area contributed by atoms with E-state index in [1.54, 1.807) is 38.3 Å². The highest BCUT2D eigenvalue weighted by molar-refractivity contribution is 5.89. The summed E-state index contributed by atoms with van der Waals surface area (Å²) in [6, 6.07) is 18.9. The second kappa shape index (κ2) is 10.3. The summed E-state index contributed by atoms with van der Waals surface area (Å²) in [5, 5.41) is 3.32. The smallest absolute Gasteiger partial charge is 0.338 e. The Morgan fingerprint density at radius 1 is 1.00 bits per heavy atom. The summed E-state index contributed by atoms with van der Waals surface area (Å²) >= 11 is 0. The number of ether oxygens (including phenoxy) is 3. The van der Waals surface area contributed by atoms with Gasteiger partial charge in [-0.25, -0.2) is 9.18 Å². The Labute approximate surface area is 175 Å². The van der Waals surface area contributed by atoms with Crippen LogP contribution in [0.4, 0.5) is 10.1 Å². The number of methoxy groups -OCH3 is 1. The summed E-state index contributed by atoms with van der Waals surface area (Å²) in [5.41, 5.74) is 3.13. The van der Waals surface area contributed by atoms with Crippen molar-refractivity contribution in [3.05, 3.63) is 89.2 Å². The van der Waals surface area contributed by atoms with Crippen LogP contribution in [0.25, 0.3) is 0 Å². The molecule has 0 aliphatic heterocycles. The summed E-state index contributed by atoms with van der Waals surface area (Å²) in [4.78, 5) is 11.8. The molecule has 30 heavy (non-hydrogen) atoms. The first-order valence-corrected chi connectivity index (χ1v) is 9.65. The molecule has 0 bridgehead atoms. The molecule has 0 spiro atoms. The standard InChI is InChI=1S/C24H24FNO4/c1-3-29-24(27)18-9-13-21(14-10-18)26-15-19-5-4-6-22(28-2)23(19)30-16-17-7-11-20(25)12-8-17/h4-14,26H,3,15-16H2,1-2H3. The summed E-state index contributed by atoms with van der Waals surface area (Å²) < 4.78 is 29.6. The normalized spacial score (nSPS) is 10.4. The van der Waals surface area contributed by atoms with Gasteiger partial charge in [0, 0.05) is 17.8 Å². The Balaban J connectivity index is 1.69. The molecule has 0 radical (unpaired) electrons. The molecule has 0 aliphatic carbocycles. The van der Waals surface area contributed by atoms with Crippen molar-refractivity contribution in [2.45, 2.75) is 20.1 Å². The number of nitrogens with one attached hydrogen (secondary N) is 1. The number of hydrogen-bond donors (Lipinski definition) is 1. The van der Waals surface area contributed by atoms with Crippen molar-refractivity contribution in [1.82, 2.24) is 0 Å². The van der Waals surface area contributed by atoms with Gasteiger partial charge in [0.05, 0.1) is 19.3 Å². The number of halogens is 1. The number of esters is 1. The molecule has 0 saturated carbocycles. The van der Waals surface area contributed by atoms with Gasteiger partial charge in [-0.2, -0.15) is 0 Å². The fourth-order valence-corrected chi connectivity index (χ4v) is 2.90. The predicted molar refractivity (Wildman–Crippen MR) is 113 cm³/mol. The van der Waals surface area contributed by atoms with Crippen molar-refractivity contribution in [2.24, 2.45) is 0 Å². The maximum atomic E-state index is 13.1. The molecule has 0 fully saturated rings. The van der Waals surface area contributed by atoms with Crippen molar-refractivity contribution in [2.75, 3.05) is 19.0 Å². The molecule has 0 aliphatic rings. The Bertz CT molecular complexity index is 972.